The van der Waals surface area contributed by atoms with E-state index in [-0.39, 0.29) is 11.4 Å². The summed E-state index contributed by atoms with van der Waals surface area (Å²) in [5.74, 6) is -0.974. The van der Waals surface area contributed by atoms with Crippen LogP contribution in [0.1, 0.15) is 23.7 Å². The number of carboxylic acids is 1. The highest BCUT2D eigenvalue weighted by atomic mass is 16.5. The van der Waals surface area contributed by atoms with Crippen molar-refractivity contribution < 1.29 is 14.6 Å². The summed E-state index contributed by atoms with van der Waals surface area (Å²) in [6.07, 6.45) is 2.12. The van der Waals surface area contributed by atoms with Gasteiger partial charge < -0.3 is 9.84 Å². The molecule has 0 unspecified atom stereocenters. The topological polar surface area (TPSA) is 72.3 Å². The van der Waals surface area contributed by atoms with Gasteiger partial charge in [-0.1, -0.05) is 6.92 Å². The van der Waals surface area contributed by atoms with E-state index in [0.717, 1.165) is 6.42 Å². The monoisotopic (exact) mass is 182 g/mol. The van der Waals surface area contributed by atoms with Gasteiger partial charge >= 0.3 is 5.97 Å². The van der Waals surface area contributed by atoms with Gasteiger partial charge in [0.05, 0.1) is 12.8 Å². The molecule has 0 radical (unpaired) electrons. The number of aromatic carboxylic acids is 1. The molecule has 0 aliphatic carbocycles. The van der Waals surface area contributed by atoms with Crippen LogP contribution in [-0.2, 0) is 0 Å². The molecule has 0 saturated carbocycles. The SMILES string of the molecule is CCCOc1nnccc1C(=O)O. The van der Waals surface area contributed by atoms with E-state index in [0.29, 0.717) is 6.61 Å². The molecular weight excluding hydrogens is 172 g/mol. The fourth-order valence-electron chi connectivity index (χ4n) is 0.787. The lowest BCUT2D eigenvalue weighted by Gasteiger charge is -2.04. The van der Waals surface area contributed by atoms with Crippen LogP contribution in [0.2, 0.25) is 0 Å². The van der Waals surface area contributed by atoms with Crippen molar-refractivity contribution in [2.45, 2.75) is 13.3 Å². The Kier molecular flexibility index (Phi) is 3.19. The number of carbonyl (C=O) groups is 1. The lowest BCUT2D eigenvalue weighted by atomic mass is 10.3. The number of hydrogen-bond donors (Lipinski definition) is 1. The van der Waals surface area contributed by atoms with Gasteiger partial charge in [-0.15, -0.1) is 5.10 Å². The van der Waals surface area contributed by atoms with E-state index in [1.165, 1.54) is 12.3 Å². The van der Waals surface area contributed by atoms with E-state index in [1.807, 2.05) is 6.92 Å². The van der Waals surface area contributed by atoms with Crippen molar-refractivity contribution in [2.75, 3.05) is 6.61 Å². The Labute approximate surface area is 75.4 Å². The maximum absolute atomic E-state index is 10.6. The number of ether oxygens (including phenoxy) is 1. The van der Waals surface area contributed by atoms with Gasteiger partial charge in [0.15, 0.2) is 0 Å². The Morgan fingerprint density at radius 2 is 2.46 bits per heavy atom. The standard InChI is InChI=1S/C8H10N2O3/c1-2-5-13-7-6(8(11)12)3-4-9-10-7/h3-4H,2,5H2,1H3,(H,11,12). The summed E-state index contributed by atoms with van der Waals surface area (Å²) < 4.78 is 5.09. The molecule has 1 aromatic heterocycles. The molecule has 0 saturated heterocycles. The minimum Gasteiger partial charge on any atom is -0.477 e. The quantitative estimate of drug-likeness (QED) is 0.750. The second kappa shape index (κ2) is 4.39. The molecule has 5 heteroatoms. The first-order valence-corrected chi connectivity index (χ1v) is 3.93. The van der Waals surface area contributed by atoms with Crippen LogP contribution in [0.15, 0.2) is 12.3 Å². The minimum absolute atomic E-state index is 0.0449. The van der Waals surface area contributed by atoms with E-state index >= 15 is 0 Å². The number of hydrogen-bond acceptors (Lipinski definition) is 4. The summed E-state index contributed by atoms with van der Waals surface area (Å²) in [5, 5.41) is 15.8. The lowest BCUT2D eigenvalue weighted by molar-refractivity contribution is 0.0690. The average molecular weight is 182 g/mol. The first kappa shape index (κ1) is 9.44. The predicted octanol–water partition coefficient (Wildman–Crippen LogP) is 0.964. The normalized spacial score (nSPS) is 9.62. The molecule has 0 fully saturated rings. The van der Waals surface area contributed by atoms with Crippen molar-refractivity contribution >= 4 is 5.97 Å². The van der Waals surface area contributed by atoms with Gasteiger partial charge in [0, 0.05) is 0 Å². The Morgan fingerprint density at radius 3 is 3.08 bits per heavy atom. The molecule has 0 bridgehead atoms. The van der Waals surface area contributed by atoms with Crippen LogP contribution in [-0.4, -0.2) is 27.9 Å². The summed E-state index contributed by atoms with van der Waals surface area (Å²) in [5.41, 5.74) is 0.0449. The van der Waals surface area contributed by atoms with Crippen molar-refractivity contribution in [3.05, 3.63) is 17.8 Å². The van der Waals surface area contributed by atoms with Crippen molar-refractivity contribution in [3.63, 3.8) is 0 Å². The summed E-state index contributed by atoms with van der Waals surface area (Å²) in [6, 6.07) is 1.36. The Bertz CT molecular complexity index is 301. The molecular formula is C8H10N2O3. The fourth-order valence-corrected chi connectivity index (χ4v) is 0.787. The third-order valence-corrected chi connectivity index (χ3v) is 1.36. The zero-order valence-corrected chi connectivity index (χ0v) is 7.23. The minimum atomic E-state index is -1.05. The Hall–Kier alpha value is -1.65. The zero-order chi connectivity index (χ0) is 9.68. The van der Waals surface area contributed by atoms with Crippen molar-refractivity contribution in [2.24, 2.45) is 0 Å². The number of rotatable bonds is 4. The van der Waals surface area contributed by atoms with Crippen LogP contribution in [0.3, 0.4) is 0 Å². The van der Waals surface area contributed by atoms with Crippen LogP contribution >= 0.6 is 0 Å². The molecule has 1 N–H and O–H groups in total. The Morgan fingerprint density at radius 1 is 1.69 bits per heavy atom. The largest absolute Gasteiger partial charge is 0.477 e. The number of aromatic nitrogens is 2. The van der Waals surface area contributed by atoms with Gasteiger partial charge in [-0.05, 0) is 12.5 Å². The second-order valence-corrected chi connectivity index (χ2v) is 2.40. The summed E-state index contributed by atoms with van der Waals surface area (Å²) >= 11 is 0. The summed E-state index contributed by atoms with van der Waals surface area (Å²) in [4.78, 5) is 10.6. The maximum Gasteiger partial charge on any atom is 0.341 e. The molecule has 0 atom stereocenters. The fraction of sp³-hybridized carbons (Fsp3) is 0.375. The first-order chi connectivity index (χ1) is 6.25. The second-order valence-electron chi connectivity index (χ2n) is 2.40. The van der Waals surface area contributed by atoms with Crippen molar-refractivity contribution in [3.8, 4) is 5.88 Å². The molecule has 13 heavy (non-hydrogen) atoms. The first-order valence-electron chi connectivity index (χ1n) is 3.93. The summed E-state index contributed by atoms with van der Waals surface area (Å²) in [6.45, 7) is 2.37. The van der Waals surface area contributed by atoms with Gasteiger partial charge in [0.25, 0.3) is 0 Å². The molecule has 1 aromatic rings. The van der Waals surface area contributed by atoms with E-state index in [9.17, 15) is 4.79 Å². The third-order valence-electron chi connectivity index (χ3n) is 1.36. The molecule has 0 spiro atoms. The van der Waals surface area contributed by atoms with Crippen molar-refractivity contribution in [1.82, 2.24) is 10.2 Å². The van der Waals surface area contributed by atoms with Gasteiger partial charge in [-0.25, -0.2) is 4.79 Å². The average Bonchev–Trinajstić information content (AvgIpc) is 2.15. The number of carboxylic acid groups (broad SMARTS) is 1. The molecule has 0 aliphatic heterocycles. The molecule has 0 amide bonds. The van der Waals surface area contributed by atoms with Crippen LogP contribution < -0.4 is 4.74 Å². The predicted molar refractivity (Wildman–Crippen MR) is 44.8 cm³/mol. The Balaban J connectivity index is 2.84. The molecule has 0 aliphatic rings. The maximum atomic E-state index is 10.6. The van der Waals surface area contributed by atoms with Crippen LogP contribution in [0, 0.1) is 0 Å². The molecule has 70 valence electrons. The van der Waals surface area contributed by atoms with Crippen molar-refractivity contribution in [1.29, 1.82) is 0 Å². The summed E-state index contributed by atoms with van der Waals surface area (Å²) in [7, 11) is 0. The van der Waals surface area contributed by atoms with E-state index in [1.54, 1.807) is 0 Å². The van der Waals surface area contributed by atoms with Gasteiger partial charge in [-0.2, -0.15) is 5.10 Å². The highest BCUT2D eigenvalue weighted by molar-refractivity contribution is 5.89. The molecule has 0 aromatic carbocycles. The van der Waals surface area contributed by atoms with E-state index in [2.05, 4.69) is 10.2 Å². The van der Waals surface area contributed by atoms with Gasteiger partial charge in [0.2, 0.25) is 5.88 Å². The smallest absolute Gasteiger partial charge is 0.341 e. The zero-order valence-electron chi connectivity index (χ0n) is 7.23. The van der Waals surface area contributed by atoms with Gasteiger partial charge in [0.1, 0.15) is 5.56 Å². The molecule has 1 rings (SSSR count). The molecule has 5 nitrogen and oxygen atoms in total. The lowest BCUT2D eigenvalue weighted by Crippen LogP contribution is -2.06. The van der Waals surface area contributed by atoms with Crippen LogP contribution in [0.25, 0.3) is 0 Å². The molecule has 1 heterocycles. The van der Waals surface area contributed by atoms with Crippen LogP contribution in [0.5, 0.6) is 5.88 Å². The highest BCUT2D eigenvalue weighted by Crippen LogP contribution is 2.12. The van der Waals surface area contributed by atoms with E-state index in [4.69, 9.17) is 9.84 Å². The van der Waals surface area contributed by atoms with E-state index < -0.39 is 5.97 Å². The van der Waals surface area contributed by atoms with Crippen LogP contribution in [0.4, 0.5) is 0 Å². The third kappa shape index (κ3) is 2.40. The van der Waals surface area contributed by atoms with Gasteiger partial charge in [-0.3, -0.25) is 0 Å². The number of nitrogens with zero attached hydrogens (tertiary/aromatic N) is 2. The highest BCUT2D eigenvalue weighted by Gasteiger charge is 2.11.